The largest absolute Gasteiger partial charge is 0.416 e. The fourth-order valence-corrected chi connectivity index (χ4v) is 3.73. The van der Waals surface area contributed by atoms with E-state index in [0.29, 0.717) is 30.3 Å². The molecule has 0 aliphatic heterocycles. The molecule has 0 bridgehead atoms. The highest BCUT2D eigenvalue weighted by molar-refractivity contribution is 6.95. The van der Waals surface area contributed by atoms with E-state index in [9.17, 15) is 52.7 Å². The molecule has 0 radical (unpaired) electrons. The Hall–Kier alpha value is -3.12. The normalized spacial score (nSPS) is 13.1. The van der Waals surface area contributed by atoms with Crippen LogP contribution in [-0.4, -0.2) is 6.71 Å². The molecule has 0 unspecified atom stereocenters. The molecule has 0 aliphatic carbocycles. The summed E-state index contributed by atoms with van der Waals surface area (Å²) in [6.45, 7) is -0.452. The molecule has 0 aromatic heterocycles. The van der Waals surface area contributed by atoms with E-state index in [1.54, 1.807) is 0 Å². The number of halogens is 12. The first-order valence-electron chi connectivity index (χ1n) is 9.92. The van der Waals surface area contributed by atoms with Gasteiger partial charge < -0.3 is 0 Å². The molecule has 3 aromatic rings. The summed E-state index contributed by atoms with van der Waals surface area (Å²) in [6, 6.07) is 5.61. The van der Waals surface area contributed by atoms with E-state index in [0.717, 1.165) is 24.3 Å². The van der Waals surface area contributed by atoms with Gasteiger partial charge in [0.25, 0.3) is 0 Å². The lowest BCUT2D eigenvalue weighted by Crippen LogP contribution is -2.53. The molecular formula is C23H13BF12. The van der Waals surface area contributed by atoms with Crippen molar-refractivity contribution >= 4 is 23.1 Å². The second kappa shape index (κ2) is 9.08. The topological polar surface area (TPSA) is 0 Å². The van der Waals surface area contributed by atoms with Crippen molar-refractivity contribution in [2.45, 2.75) is 31.6 Å². The predicted octanol–water partition coefficient (Wildman–Crippen LogP) is 6.59. The molecule has 13 heteroatoms. The second-order valence-electron chi connectivity index (χ2n) is 8.02. The first kappa shape index (κ1) is 27.5. The Labute approximate surface area is 196 Å². The number of benzene rings is 3. The Morgan fingerprint density at radius 3 is 1.17 bits per heavy atom. The number of hydrogen-bond acceptors (Lipinski definition) is 0. The van der Waals surface area contributed by atoms with Crippen LogP contribution >= 0.6 is 0 Å². The van der Waals surface area contributed by atoms with Gasteiger partial charge in [0.2, 0.25) is 6.71 Å². The van der Waals surface area contributed by atoms with Gasteiger partial charge in [-0.2, -0.15) is 52.7 Å². The average molecular weight is 528 g/mol. The van der Waals surface area contributed by atoms with Crippen LogP contribution in [0.2, 0.25) is 0 Å². The standard InChI is InChI=1S/C23H13BF12/c1-12-6-14(21(28,29)30)9-18(7-12)24(17-4-2-13(3-5-17)20(25,26)27)19-10-15(22(31,32)33)8-16(11-19)23(34,35)36/h2-11H,1H3. The number of rotatable bonds is 3. The highest BCUT2D eigenvalue weighted by Gasteiger charge is 2.39. The summed E-state index contributed by atoms with van der Waals surface area (Å²) >= 11 is 0. The second-order valence-corrected chi connectivity index (χ2v) is 8.02. The van der Waals surface area contributed by atoms with Gasteiger partial charge in [0.05, 0.1) is 22.3 Å². The van der Waals surface area contributed by atoms with Gasteiger partial charge in [-0.1, -0.05) is 70.5 Å². The minimum absolute atomic E-state index is 0.0141. The van der Waals surface area contributed by atoms with E-state index < -0.39 is 59.1 Å². The van der Waals surface area contributed by atoms with Crippen LogP contribution in [0.1, 0.15) is 27.8 Å². The first-order chi connectivity index (χ1) is 16.3. The average Bonchev–Trinajstić information content (AvgIpc) is 2.71. The molecule has 0 saturated carbocycles. The number of alkyl halides is 12. The van der Waals surface area contributed by atoms with Crippen molar-refractivity contribution in [3.8, 4) is 0 Å². The van der Waals surface area contributed by atoms with Crippen LogP contribution in [0.4, 0.5) is 52.7 Å². The Bertz CT molecular complexity index is 1200. The maximum Gasteiger partial charge on any atom is 0.416 e. The molecule has 36 heavy (non-hydrogen) atoms. The van der Waals surface area contributed by atoms with Crippen molar-refractivity contribution in [1.29, 1.82) is 0 Å². The van der Waals surface area contributed by atoms with E-state index in [1.807, 2.05) is 0 Å². The quantitative estimate of drug-likeness (QED) is 0.266. The SMILES string of the molecule is Cc1cc(B(c2ccc(C(F)(F)F)cc2)c2cc(C(F)(F)F)cc(C(F)(F)F)c2)cc(C(F)(F)F)c1. The monoisotopic (exact) mass is 528 g/mol. The zero-order valence-corrected chi connectivity index (χ0v) is 17.9. The van der Waals surface area contributed by atoms with E-state index in [1.165, 1.54) is 6.92 Å². The Morgan fingerprint density at radius 1 is 0.417 bits per heavy atom. The van der Waals surface area contributed by atoms with Crippen molar-refractivity contribution in [3.63, 3.8) is 0 Å². The maximum atomic E-state index is 13.4. The fourth-order valence-electron chi connectivity index (χ4n) is 3.73. The number of hydrogen-bond donors (Lipinski definition) is 0. The molecule has 0 heterocycles. The lowest BCUT2D eigenvalue weighted by atomic mass is 9.36. The molecule has 0 aliphatic rings. The van der Waals surface area contributed by atoms with Gasteiger partial charge in [0.15, 0.2) is 0 Å². The molecule has 0 atom stereocenters. The third-order valence-electron chi connectivity index (χ3n) is 5.28. The first-order valence-corrected chi connectivity index (χ1v) is 9.92. The van der Waals surface area contributed by atoms with E-state index >= 15 is 0 Å². The van der Waals surface area contributed by atoms with Gasteiger partial charge in [0.1, 0.15) is 0 Å². The molecule has 0 amide bonds. The highest BCUT2D eigenvalue weighted by atomic mass is 19.4. The van der Waals surface area contributed by atoms with E-state index in [2.05, 4.69) is 0 Å². The summed E-state index contributed by atoms with van der Waals surface area (Å²) in [6.07, 6.45) is -20.2. The molecular weight excluding hydrogens is 515 g/mol. The molecule has 192 valence electrons. The zero-order chi connectivity index (χ0) is 27.3. The van der Waals surface area contributed by atoms with Gasteiger partial charge in [0, 0.05) is 0 Å². The van der Waals surface area contributed by atoms with Gasteiger partial charge in [-0.05, 0) is 19.1 Å². The Balaban J connectivity index is 2.35. The van der Waals surface area contributed by atoms with Crippen LogP contribution in [0.3, 0.4) is 0 Å². The Morgan fingerprint density at radius 2 is 0.778 bits per heavy atom. The molecule has 0 saturated heterocycles. The molecule has 0 spiro atoms. The number of aryl methyl sites for hydroxylation is 1. The lowest BCUT2D eigenvalue weighted by Gasteiger charge is -2.21. The summed E-state index contributed by atoms with van der Waals surface area (Å²) in [5, 5.41) is 0. The molecule has 0 nitrogen and oxygen atoms in total. The van der Waals surface area contributed by atoms with Crippen LogP contribution in [0, 0.1) is 6.92 Å². The van der Waals surface area contributed by atoms with Crippen LogP contribution < -0.4 is 16.4 Å². The third-order valence-corrected chi connectivity index (χ3v) is 5.28. The van der Waals surface area contributed by atoms with Crippen LogP contribution in [-0.2, 0) is 24.7 Å². The van der Waals surface area contributed by atoms with Gasteiger partial charge >= 0.3 is 24.7 Å². The Kier molecular flexibility index (Phi) is 6.93. The minimum atomic E-state index is -5.25. The summed E-state index contributed by atoms with van der Waals surface area (Å²) in [4.78, 5) is 0. The van der Waals surface area contributed by atoms with Crippen molar-refractivity contribution < 1.29 is 52.7 Å². The van der Waals surface area contributed by atoms with E-state index in [4.69, 9.17) is 0 Å². The fraction of sp³-hybridized carbons (Fsp3) is 0.217. The third kappa shape index (κ3) is 6.17. The van der Waals surface area contributed by atoms with Crippen molar-refractivity contribution in [2.75, 3.05) is 0 Å². The van der Waals surface area contributed by atoms with E-state index in [-0.39, 0.29) is 22.6 Å². The maximum absolute atomic E-state index is 13.4. The van der Waals surface area contributed by atoms with Crippen molar-refractivity contribution in [2.24, 2.45) is 0 Å². The lowest BCUT2D eigenvalue weighted by molar-refractivity contribution is -0.143. The van der Waals surface area contributed by atoms with Crippen molar-refractivity contribution in [1.82, 2.24) is 0 Å². The van der Waals surface area contributed by atoms with Crippen LogP contribution in [0.25, 0.3) is 0 Å². The highest BCUT2D eigenvalue weighted by Crippen LogP contribution is 2.35. The van der Waals surface area contributed by atoms with Crippen LogP contribution in [0.5, 0.6) is 0 Å². The minimum Gasteiger partial charge on any atom is -0.166 e. The van der Waals surface area contributed by atoms with Gasteiger partial charge in [-0.25, -0.2) is 0 Å². The summed E-state index contributed by atoms with van der Waals surface area (Å²) in [5.41, 5.74) is -7.12. The zero-order valence-electron chi connectivity index (χ0n) is 17.9. The van der Waals surface area contributed by atoms with Gasteiger partial charge in [-0.3, -0.25) is 0 Å². The summed E-state index contributed by atoms with van der Waals surface area (Å²) < 4.78 is 160. The molecule has 0 fully saturated rings. The molecule has 3 aromatic carbocycles. The van der Waals surface area contributed by atoms with Crippen LogP contribution in [0.15, 0.2) is 60.7 Å². The van der Waals surface area contributed by atoms with Crippen molar-refractivity contribution in [3.05, 3.63) is 88.5 Å². The summed E-state index contributed by atoms with van der Waals surface area (Å²) in [5.74, 6) is 0. The molecule has 3 rings (SSSR count). The smallest absolute Gasteiger partial charge is 0.166 e. The molecule has 0 N–H and O–H groups in total. The van der Waals surface area contributed by atoms with Gasteiger partial charge in [-0.15, -0.1) is 0 Å². The predicted molar refractivity (Wildman–Crippen MR) is 109 cm³/mol. The summed E-state index contributed by atoms with van der Waals surface area (Å²) in [7, 11) is 0.